The summed E-state index contributed by atoms with van der Waals surface area (Å²) in [6.45, 7) is 9.57. The van der Waals surface area contributed by atoms with Gasteiger partial charge in [-0.2, -0.15) is 0 Å². The zero-order valence-corrected chi connectivity index (χ0v) is 17.1. The van der Waals surface area contributed by atoms with Crippen LogP contribution in [-0.2, 0) is 9.47 Å². The molecular formula is C21H35N3O3. The first-order chi connectivity index (χ1) is 13.2. The predicted molar refractivity (Wildman–Crippen MR) is 110 cm³/mol. The molecule has 0 bridgehead atoms. The number of aryl methyl sites for hydroxylation is 1. The number of ether oxygens (including phenoxy) is 3. The number of hydrogen-bond acceptors (Lipinski definition) is 4. The fourth-order valence-corrected chi connectivity index (χ4v) is 2.85. The minimum atomic E-state index is 0.359. The van der Waals surface area contributed by atoms with Crippen LogP contribution in [0.5, 0.6) is 5.75 Å². The maximum atomic E-state index is 5.90. The second kappa shape index (κ2) is 12.6. The molecule has 152 valence electrons. The Morgan fingerprint density at radius 3 is 2.67 bits per heavy atom. The standard InChI is InChI=1S/C21H35N3O3/c1-4-22-21(23-12-5-14-26-20-10-15-25-16-11-20)24(3)13-17-27-19-8-6-18(2)7-9-19/h6-9,20H,4-5,10-17H2,1-3H3,(H,22,23). The van der Waals surface area contributed by atoms with Crippen molar-refractivity contribution in [1.82, 2.24) is 10.2 Å². The van der Waals surface area contributed by atoms with E-state index in [0.29, 0.717) is 12.7 Å². The number of guanidine groups is 1. The molecule has 0 radical (unpaired) electrons. The molecule has 6 heteroatoms. The van der Waals surface area contributed by atoms with Gasteiger partial charge >= 0.3 is 0 Å². The van der Waals surface area contributed by atoms with Gasteiger partial charge in [-0.05, 0) is 45.2 Å². The number of hydrogen-bond donors (Lipinski definition) is 1. The molecule has 6 nitrogen and oxygen atoms in total. The Morgan fingerprint density at radius 2 is 1.96 bits per heavy atom. The SMILES string of the molecule is CCNC(=NCCCOC1CCOCC1)N(C)CCOc1ccc(C)cc1. The van der Waals surface area contributed by atoms with Crippen molar-refractivity contribution in [3.05, 3.63) is 29.8 Å². The van der Waals surface area contributed by atoms with E-state index in [1.807, 2.05) is 19.2 Å². The van der Waals surface area contributed by atoms with Crippen molar-refractivity contribution in [2.45, 2.75) is 39.2 Å². The maximum absolute atomic E-state index is 5.90. The normalized spacial score (nSPS) is 15.6. The second-order valence-electron chi connectivity index (χ2n) is 6.85. The highest BCUT2D eigenvalue weighted by Gasteiger charge is 2.13. The van der Waals surface area contributed by atoms with Gasteiger partial charge in [-0.3, -0.25) is 4.99 Å². The molecule has 1 heterocycles. The topological polar surface area (TPSA) is 55.3 Å². The lowest BCUT2D eigenvalue weighted by atomic mass is 10.1. The smallest absolute Gasteiger partial charge is 0.193 e. The highest BCUT2D eigenvalue weighted by atomic mass is 16.5. The fraction of sp³-hybridized carbons (Fsp3) is 0.667. The summed E-state index contributed by atoms with van der Waals surface area (Å²) < 4.78 is 17.1. The molecular weight excluding hydrogens is 342 g/mol. The van der Waals surface area contributed by atoms with Gasteiger partial charge < -0.3 is 24.4 Å². The summed E-state index contributed by atoms with van der Waals surface area (Å²) in [7, 11) is 2.04. The zero-order valence-electron chi connectivity index (χ0n) is 17.1. The molecule has 0 atom stereocenters. The van der Waals surface area contributed by atoms with Gasteiger partial charge in [0.25, 0.3) is 0 Å². The first-order valence-electron chi connectivity index (χ1n) is 10.1. The third-order valence-corrected chi connectivity index (χ3v) is 4.50. The van der Waals surface area contributed by atoms with Crippen LogP contribution in [0.2, 0.25) is 0 Å². The molecule has 2 rings (SSSR count). The van der Waals surface area contributed by atoms with Crippen molar-refractivity contribution < 1.29 is 14.2 Å². The number of nitrogens with zero attached hydrogens (tertiary/aromatic N) is 2. The van der Waals surface area contributed by atoms with Crippen molar-refractivity contribution in [3.63, 3.8) is 0 Å². The van der Waals surface area contributed by atoms with Gasteiger partial charge in [0.1, 0.15) is 12.4 Å². The molecule has 0 spiro atoms. The largest absolute Gasteiger partial charge is 0.492 e. The molecule has 1 aromatic carbocycles. The molecule has 1 fully saturated rings. The Balaban J connectivity index is 1.66. The van der Waals surface area contributed by atoms with Crippen LogP contribution in [0.15, 0.2) is 29.3 Å². The first kappa shape index (κ1) is 21.5. The van der Waals surface area contributed by atoms with Gasteiger partial charge in [0.15, 0.2) is 5.96 Å². The van der Waals surface area contributed by atoms with Crippen molar-refractivity contribution in [2.24, 2.45) is 4.99 Å². The lowest BCUT2D eigenvalue weighted by molar-refractivity contribution is -0.0318. The van der Waals surface area contributed by atoms with E-state index in [-0.39, 0.29) is 0 Å². The van der Waals surface area contributed by atoms with Crippen molar-refractivity contribution in [1.29, 1.82) is 0 Å². The summed E-state index contributed by atoms with van der Waals surface area (Å²) in [6.07, 6.45) is 3.31. The lowest BCUT2D eigenvalue weighted by Gasteiger charge is -2.23. The van der Waals surface area contributed by atoms with Crippen molar-refractivity contribution in [2.75, 3.05) is 53.1 Å². The summed E-state index contributed by atoms with van der Waals surface area (Å²) in [4.78, 5) is 6.81. The molecule has 1 aliphatic rings. The summed E-state index contributed by atoms with van der Waals surface area (Å²) in [6, 6.07) is 8.14. The first-order valence-corrected chi connectivity index (χ1v) is 10.1. The molecule has 0 aliphatic carbocycles. The number of likely N-dealkylation sites (N-methyl/N-ethyl adjacent to an activating group) is 1. The van der Waals surface area contributed by atoms with E-state index in [1.165, 1.54) is 5.56 Å². The molecule has 0 amide bonds. The number of nitrogens with one attached hydrogen (secondary N) is 1. The summed E-state index contributed by atoms with van der Waals surface area (Å²) in [5.41, 5.74) is 1.24. The molecule has 27 heavy (non-hydrogen) atoms. The molecule has 1 aliphatic heterocycles. The van der Waals surface area contributed by atoms with Gasteiger partial charge in [0.2, 0.25) is 0 Å². The summed E-state index contributed by atoms with van der Waals surface area (Å²) >= 11 is 0. The Bertz CT molecular complexity index is 542. The van der Waals surface area contributed by atoms with E-state index in [2.05, 4.69) is 36.2 Å². The van der Waals surface area contributed by atoms with E-state index >= 15 is 0 Å². The van der Waals surface area contributed by atoms with Gasteiger partial charge in [-0.15, -0.1) is 0 Å². The van der Waals surface area contributed by atoms with Crippen LogP contribution in [0.4, 0.5) is 0 Å². The second-order valence-corrected chi connectivity index (χ2v) is 6.85. The molecule has 0 unspecified atom stereocenters. The van der Waals surface area contributed by atoms with E-state index in [0.717, 1.165) is 70.4 Å². The highest BCUT2D eigenvalue weighted by molar-refractivity contribution is 5.79. The molecule has 0 aromatic heterocycles. The number of rotatable bonds is 10. The predicted octanol–water partition coefficient (Wildman–Crippen LogP) is 2.86. The van der Waals surface area contributed by atoms with Crippen LogP contribution >= 0.6 is 0 Å². The van der Waals surface area contributed by atoms with Gasteiger partial charge in [0.05, 0.1) is 12.6 Å². The van der Waals surface area contributed by atoms with E-state index in [4.69, 9.17) is 19.2 Å². The third kappa shape index (κ3) is 8.63. The Morgan fingerprint density at radius 1 is 1.22 bits per heavy atom. The minimum absolute atomic E-state index is 0.359. The monoisotopic (exact) mass is 377 g/mol. The molecule has 1 N–H and O–H groups in total. The Hall–Kier alpha value is -1.79. The van der Waals surface area contributed by atoms with Crippen LogP contribution in [0, 0.1) is 6.92 Å². The van der Waals surface area contributed by atoms with E-state index in [9.17, 15) is 0 Å². The van der Waals surface area contributed by atoms with Crippen LogP contribution in [0.25, 0.3) is 0 Å². The van der Waals surface area contributed by atoms with E-state index in [1.54, 1.807) is 0 Å². The fourth-order valence-electron chi connectivity index (χ4n) is 2.85. The number of aliphatic imine (C=N–C) groups is 1. The highest BCUT2D eigenvalue weighted by Crippen LogP contribution is 2.11. The molecule has 1 aromatic rings. The van der Waals surface area contributed by atoms with Crippen LogP contribution in [-0.4, -0.2) is 70.1 Å². The maximum Gasteiger partial charge on any atom is 0.193 e. The molecule has 0 saturated carbocycles. The third-order valence-electron chi connectivity index (χ3n) is 4.50. The summed E-state index contributed by atoms with van der Waals surface area (Å²) in [5.74, 6) is 1.82. The van der Waals surface area contributed by atoms with Gasteiger partial charge in [-0.1, -0.05) is 17.7 Å². The average Bonchev–Trinajstić information content (AvgIpc) is 2.69. The van der Waals surface area contributed by atoms with E-state index < -0.39 is 0 Å². The Labute approximate surface area is 163 Å². The number of benzene rings is 1. The van der Waals surface area contributed by atoms with Crippen LogP contribution in [0.1, 0.15) is 31.7 Å². The average molecular weight is 378 g/mol. The van der Waals surface area contributed by atoms with Gasteiger partial charge in [-0.25, -0.2) is 0 Å². The van der Waals surface area contributed by atoms with Gasteiger partial charge in [0, 0.05) is 40.0 Å². The van der Waals surface area contributed by atoms with Crippen LogP contribution < -0.4 is 10.1 Å². The minimum Gasteiger partial charge on any atom is -0.492 e. The van der Waals surface area contributed by atoms with Crippen molar-refractivity contribution in [3.8, 4) is 5.75 Å². The summed E-state index contributed by atoms with van der Waals surface area (Å²) in [5, 5.41) is 3.34. The molecule has 1 saturated heterocycles. The van der Waals surface area contributed by atoms with Crippen molar-refractivity contribution >= 4 is 5.96 Å². The zero-order chi connectivity index (χ0) is 19.3. The van der Waals surface area contributed by atoms with Crippen LogP contribution in [0.3, 0.4) is 0 Å². The quantitative estimate of drug-likeness (QED) is 0.386. The lowest BCUT2D eigenvalue weighted by Crippen LogP contribution is -2.41. The Kier molecular flexibility index (Phi) is 10.0.